The molecule has 0 unspecified atom stereocenters. The van der Waals surface area contributed by atoms with Gasteiger partial charge in [0.05, 0.1) is 5.01 Å². The summed E-state index contributed by atoms with van der Waals surface area (Å²) in [5.74, 6) is -0.202. The fourth-order valence-corrected chi connectivity index (χ4v) is 3.80. The summed E-state index contributed by atoms with van der Waals surface area (Å²) in [6.07, 6.45) is 2.86. The van der Waals surface area contributed by atoms with Crippen molar-refractivity contribution in [2.75, 3.05) is 31.1 Å². The zero-order valence-electron chi connectivity index (χ0n) is 13.9. The first-order valence-corrected chi connectivity index (χ1v) is 9.29. The Morgan fingerprint density at radius 1 is 1.21 bits per heavy atom. The van der Waals surface area contributed by atoms with Crippen molar-refractivity contribution < 1.29 is 9.18 Å². The molecule has 1 aromatic carbocycles. The molecule has 1 aromatic heterocycles. The van der Waals surface area contributed by atoms with E-state index in [1.807, 2.05) is 10.3 Å². The third-order valence-electron chi connectivity index (χ3n) is 4.21. The molecule has 1 saturated heterocycles. The lowest BCUT2D eigenvalue weighted by Crippen LogP contribution is -2.35. The summed E-state index contributed by atoms with van der Waals surface area (Å²) in [6.45, 7) is 5.13. The molecule has 0 atom stereocenters. The van der Waals surface area contributed by atoms with Gasteiger partial charge in [0.2, 0.25) is 0 Å². The van der Waals surface area contributed by atoms with Gasteiger partial charge in [-0.25, -0.2) is 9.37 Å². The summed E-state index contributed by atoms with van der Waals surface area (Å²) in [6, 6.07) is 6.55. The highest BCUT2D eigenvalue weighted by Crippen LogP contribution is 2.19. The summed E-state index contributed by atoms with van der Waals surface area (Å²) >= 11 is 1.57. The molecule has 1 amide bonds. The monoisotopic (exact) mass is 347 g/mol. The van der Waals surface area contributed by atoms with E-state index >= 15 is 0 Å². The number of nitrogens with zero attached hydrogens (tertiary/aromatic N) is 3. The van der Waals surface area contributed by atoms with Gasteiger partial charge in [-0.2, -0.15) is 0 Å². The van der Waals surface area contributed by atoms with E-state index in [0.29, 0.717) is 12.2 Å². The quantitative estimate of drug-likeness (QED) is 0.848. The van der Waals surface area contributed by atoms with Gasteiger partial charge in [-0.3, -0.25) is 4.79 Å². The fraction of sp³-hybridized carbons (Fsp3) is 0.444. The van der Waals surface area contributed by atoms with Crippen LogP contribution in [0.3, 0.4) is 0 Å². The highest BCUT2D eigenvalue weighted by atomic mass is 32.1. The first-order chi connectivity index (χ1) is 11.7. The van der Waals surface area contributed by atoms with Crippen LogP contribution in [0.5, 0.6) is 0 Å². The van der Waals surface area contributed by atoms with Crippen LogP contribution >= 0.6 is 11.3 Å². The molecule has 1 aliphatic rings. The summed E-state index contributed by atoms with van der Waals surface area (Å²) in [5.41, 5.74) is 1.57. The van der Waals surface area contributed by atoms with Gasteiger partial charge in [0, 0.05) is 37.2 Å². The number of aromatic nitrogens is 1. The molecule has 4 nitrogen and oxygen atoms in total. The average Bonchev–Trinajstić information content (AvgIpc) is 2.91. The lowest BCUT2D eigenvalue weighted by Gasteiger charge is -2.23. The number of amides is 1. The number of halogens is 1. The van der Waals surface area contributed by atoms with Crippen molar-refractivity contribution in [1.82, 2.24) is 9.88 Å². The SMILES string of the molecule is CCCc1nc(C(=O)N2CCCN(c3ccc(F)cc3)CC2)cs1. The molecule has 0 saturated carbocycles. The number of benzene rings is 1. The maximum atomic E-state index is 13.1. The van der Waals surface area contributed by atoms with Gasteiger partial charge in [0.15, 0.2) is 0 Å². The van der Waals surface area contributed by atoms with Crippen LogP contribution in [-0.4, -0.2) is 42.0 Å². The van der Waals surface area contributed by atoms with Crippen molar-refractivity contribution in [3.63, 3.8) is 0 Å². The zero-order valence-corrected chi connectivity index (χ0v) is 14.7. The first kappa shape index (κ1) is 16.9. The Bertz CT molecular complexity index is 686. The highest BCUT2D eigenvalue weighted by molar-refractivity contribution is 7.09. The van der Waals surface area contributed by atoms with Gasteiger partial charge in [-0.05, 0) is 43.5 Å². The maximum Gasteiger partial charge on any atom is 0.273 e. The van der Waals surface area contributed by atoms with Gasteiger partial charge in [-0.15, -0.1) is 11.3 Å². The summed E-state index contributed by atoms with van der Waals surface area (Å²) < 4.78 is 13.1. The molecule has 1 aliphatic heterocycles. The van der Waals surface area contributed by atoms with E-state index in [0.717, 1.165) is 49.6 Å². The molecular formula is C18H22FN3OS. The minimum absolute atomic E-state index is 0.0227. The summed E-state index contributed by atoms with van der Waals surface area (Å²) in [7, 11) is 0. The molecule has 24 heavy (non-hydrogen) atoms. The van der Waals surface area contributed by atoms with Gasteiger partial charge < -0.3 is 9.80 Å². The van der Waals surface area contributed by atoms with Crippen molar-refractivity contribution in [1.29, 1.82) is 0 Å². The van der Waals surface area contributed by atoms with Gasteiger partial charge in [0.25, 0.3) is 5.91 Å². The molecule has 6 heteroatoms. The summed E-state index contributed by atoms with van der Waals surface area (Å²) in [5, 5.41) is 2.90. The molecular weight excluding hydrogens is 325 g/mol. The van der Waals surface area contributed by atoms with E-state index in [1.165, 1.54) is 12.1 Å². The van der Waals surface area contributed by atoms with Crippen molar-refractivity contribution in [3.8, 4) is 0 Å². The Morgan fingerprint density at radius 2 is 2.00 bits per heavy atom. The second-order valence-corrected chi connectivity index (χ2v) is 6.93. The smallest absolute Gasteiger partial charge is 0.273 e. The summed E-state index contributed by atoms with van der Waals surface area (Å²) in [4.78, 5) is 21.2. The second-order valence-electron chi connectivity index (χ2n) is 5.99. The van der Waals surface area contributed by atoms with E-state index < -0.39 is 0 Å². The molecule has 2 heterocycles. The lowest BCUT2D eigenvalue weighted by atomic mass is 10.2. The third kappa shape index (κ3) is 3.93. The predicted octanol–water partition coefficient (Wildman–Crippen LogP) is 3.59. The first-order valence-electron chi connectivity index (χ1n) is 8.41. The molecule has 3 rings (SSSR count). The number of rotatable bonds is 4. The zero-order chi connectivity index (χ0) is 16.9. The standard InChI is InChI=1S/C18H22FN3OS/c1-2-4-17-20-16(13-24-17)18(23)22-10-3-9-21(11-12-22)15-7-5-14(19)6-8-15/h5-8,13H,2-4,9-12H2,1H3. The molecule has 0 bridgehead atoms. The number of hydrogen-bond donors (Lipinski definition) is 0. The van der Waals surface area contributed by atoms with E-state index in [9.17, 15) is 9.18 Å². The van der Waals surface area contributed by atoms with Crippen LogP contribution in [0.4, 0.5) is 10.1 Å². The van der Waals surface area contributed by atoms with Crippen LogP contribution in [0, 0.1) is 5.82 Å². The normalized spacial score (nSPS) is 15.4. The van der Waals surface area contributed by atoms with E-state index in [4.69, 9.17) is 0 Å². The molecule has 0 spiro atoms. The minimum Gasteiger partial charge on any atom is -0.370 e. The Kier molecular flexibility index (Phi) is 5.45. The number of anilines is 1. The second kappa shape index (κ2) is 7.75. The van der Waals surface area contributed by atoms with Crippen molar-refractivity contribution >= 4 is 22.9 Å². The van der Waals surface area contributed by atoms with Crippen LogP contribution < -0.4 is 4.90 Å². The van der Waals surface area contributed by atoms with Crippen LogP contribution in [-0.2, 0) is 6.42 Å². The topological polar surface area (TPSA) is 36.4 Å². The maximum absolute atomic E-state index is 13.1. The van der Waals surface area contributed by atoms with Crippen LogP contribution in [0.15, 0.2) is 29.6 Å². The van der Waals surface area contributed by atoms with Gasteiger partial charge >= 0.3 is 0 Å². The van der Waals surface area contributed by atoms with Crippen LogP contribution in [0.2, 0.25) is 0 Å². The largest absolute Gasteiger partial charge is 0.370 e. The molecule has 0 radical (unpaired) electrons. The Hall–Kier alpha value is -1.95. The average molecular weight is 347 g/mol. The van der Waals surface area contributed by atoms with Gasteiger partial charge in [-0.1, -0.05) is 6.92 Å². The highest BCUT2D eigenvalue weighted by Gasteiger charge is 2.22. The molecule has 128 valence electrons. The van der Waals surface area contributed by atoms with Crippen LogP contribution in [0.25, 0.3) is 0 Å². The Balaban J connectivity index is 1.64. The number of carbonyl (C=O) groups excluding carboxylic acids is 1. The van der Waals surface area contributed by atoms with Crippen molar-refractivity contribution in [2.45, 2.75) is 26.2 Å². The third-order valence-corrected chi connectivity index (χ3v) is 5.12. The molecule has 0 aliphatic carbocycles. The Morgan fingerprint density at radius 3 is 2.75 bits per heavy atom. The van der Waals surface area contributed by atoms with Gasteiger partial charge in [0.1, 0.15) is 11.5 Å². The van der Waals surface area contributed by atoms with E-state index in [2.05, 4.69) is 16.8 Å². The molecule has 0 N–H and O–H groups in total. The van der Waals surface area contributed by atoms with Crippen LogP contribution in [0.1, 0.15) is 35.3 Å². The van der Waals surface area contributed by atoms with Crippen molar-refractivity contribution in [2.24, 2.45) is 0 Å². The molecule has 1 fully saturated rings. The van der Waals surface area contributed by atoms with E-state index in [-0.39, 0.29) is 11.7 Å². The fourth-order valence-electron chi connectivity index (χ4n) is 2.93. The number of carbonyl (C=O) groups is 1. The van der Waals surface area contributed by atoms with Crippen molar-refractivity contribution in [3.05, 3.63) is 46.2 Å². The lowest BCUT2D eigenvalue weighted by molar-refractivity contribution is 0.0761. The predicted molar refractivity (Wildman–Crippen MR) is 95.2 cm³/mol. The Labute approximate surface area is 145 Å². The van der Waals surface area contributed by atoms with E-state index in [1.54, 1.807) is 23.5 Å². The number of thiazole rings is 1. The number of aryl methyl sites for hydroxylation is 1. The minimum atomic E-state index is -0.225. The molecule has 2 aromatic rings. The number of hydrogen-bond acceptors (Lipinski definition) is 4.